The van der Waals surface area contributed by atoms with Crippen LogP contribution >= 0.6 is 0 Å². The number of aliphatic imine (C=N–C) groups is 1. The summed E-state index contributed by atoms with van der Waals surface area (Å²) in [5.41, 5.74) is 2.81. The van der Waals surface area contributed by atoms with Crippen molar-refractivity contribution >= 4 is 23.0 Å². The molecule has 0 bridgehead atoms. The molecule has 24 heavy (non-hydrogen) atoms. The number of hydrogen-bond donors (Lipinski definition) is 1. The van der Waals surface area contributed by atoms with Crippen LogP contribution in [0.1, 0.15) is 28.8 Å². The Morgan fingerprint density at radius 2 is 2.00 bits per heavy atom. The predicted octanol–water partition coefficient (Wildman–Crippen LogP) is 3.50. The van der Waals surface area contributed by atoms with Crippen LogP contribution in [-0.2, 0) is 0 Å². The topological polar surface area (TPSA) is 52.9 Å². The Morgan fingerprint density at radius 3 is 2.75 bits per heavy atom. The van der Waals surface area contributed by atoms with Gasteiger partial charge in [-0.25, -0.2) is 4.99 Å². The minimum atomic E-state index is -0.703. The number of nitrogens with zero attached hydrogens (tertiary/aromatic N) is 2. The number of fused-ring (bicyclic) bond motifs is 2. The van der Waals surface area contributed by atoms with Gasteiger partial charge in [0.05, 0.1) is 11.1 Å². The van der Waals surface area contributed by atoms with Crippen LogP contribution in [0.2, 0.25) is 0 Å². The second-order valence-corrected chi connectivity index (χ2v) is 6.58. The highest BCUT2D eigenvalue weighted by Gasteiger charge is 2.52. The first kappa shape index (κ1) is 15.1. The molecular formula is C20H20N2O2. The molecule has 2 aromatic rings. The van der Waals surface area contributed by atoms with Gasteiger partial charge in [0.25, 0.3) is 0 Å². The van der Waals surface area contributed by atoms with Crippen molar-refractivity contribution in [2.75, 3.05) is 18.1 Å². The van der Waals surface area contributed by atoms with Crippen LogP contribution in [0.3, 0.4) is 0 Å². The number of aliphatic hydroxyl groups excluding tert-OH is 1. The summed E-state index contributed by atoms with van der Waals surface area (Å²) in [6, 6.07) is 15.8. The molecule has 0 amide bonds. The van der Waals surface area contributed by atoms with Gasteiger partial charge in [-0.05, 0) is 44.0 Å². The van der Waals surface area contributed by atoms with E-state index in [9.17, 15) is 9.90 Å². The van der Waals surface area contributed by atoms with Crippen molar-refractivity contribution in [2.24, 2.45) is 10.4 Å². The van der Waals surface area contributed by atoms with Gasteiger partial charge in [0.15, 0.2) is 5.78 Å². The lowest BCUT2D eigenvalue weighted by Gasteiger charge is -2.33. The van der Waals surface area contributed by atoms with E-state index in [1.807, 2.05) is 55.5 Å². The van der Waals surface area contributed by atoms with Gasteiger partial charge in [-0.3, -0.25) is 4.79 Å². The Morgan fingerprint density at radius 1 is 1.21 bits per heavy atom. The smallest absolute Gasteiger partial charge is 0.178 e. The average Bonchev–Trinajstić information content (AvgIpc) is 2.97. The molecule has 2 heterocycles. The van der Waals surface area contributed by atoms with Crippen molar-refractivity contribution in [1.82, 2.24) is 0 Å². The quantitative estimate of drug-likeness (QED) is 0.941. The maximum absolute atomic E-state index is 13.3. The zero-order chi connectivity index (χ0) is 16.7. The second-order valence-electron chi connectivity index (χ2n) is 6.58. The third-order valence-electron chi connectivity index (χ3n) is 5.11. The number of carbonyl (C=O) groups excluding carboxylic acids is 1. The van der Waals surface area contributed by atoms with Gasteiger partial charge < -0.3 is 10.0 Å². The van der Waals surface area contributed by atoms with E-state index in [-0.39, 0.29) is 12.4 Å². The molecule has 0 aromatic heterocycles. The van der Waals surface area contributed by atoms with Crippen LogP contribution in [0.15, 0.2) is 53.5 Å². The standard InChI is InChI=1S/C20H20N2O2/c1-14-7-8-17-16(13-14)18(24)20(10-12-23)9-11-22(19(20)21-17)15-5-3-2-4-6-15/h2-8,13,23H,9-12H2,1H3. The van der Waals surface area contributed by atoms with Crippen molar-refractivity contribution in [3.05, 3.63) is 59.7 Å². The number of anilines is 1. The summed E-state index contributed by atoms with van der Waals surface area (Å²) in [6.45, 7) is 2.70. The van der Waals surface area contributed by atoms with Crippen molar-refractivity contribution in [1.29, 1.82) is 0 Å². The highest BCUT2D eigenvalue weighted by Crippen LogP contribution is 2.46. The van der Waals surface area contributed by atoms with E-state index in [0.29, 0.717) is 18.4 Å². The van der Waals surface area contributed by atoms with Gasteiger partial charge >= 0.3 is 0 Å². The first-order chi connectivity index (χ1) is 11.7. The number of carbonyl (C=O) groups is 1. The fourth-order valence-electron chi connectivity index (χ4n) is 3.86. The third-order valence-corrected chi connectivity index (χ3v) is 5.11. The van der Waals surface area contributed by atoms with Crippen molar-refractivity contribution in [3.8, 4) is 0 Å². The highest BCUT2D eigenvalue weighted by atomic mass is 16.3. The van der Waals surface area contributed by atoms with Gasteiger partial charge in [-0.15, -0.1) is 0 Å². The van der Waals surface area contributed by atoms with Gasteiger partial charge in [0, 0.05) is 24.4 Å². The molecule has 2 aliphatic rings. The SMILES string of the molecule is Cc1ccc2c(c1)C(=O)C1(CCO)CCN(c3ccccc3)C1=N2. The summed E-state index contributed by atoms with van der Waals surface area (Å²) in [7, 11) is 0. The molecule has 1 unspecified atom stereocenters. The maximum Gasteiger partial charge on any atom is 0.178 e. The lowest BCUT2D eigenvalue weighted by atomic mass is 9.73. The van der Waals surface area contributed by atoms with Crippen molar-refractivity contribution in [2.45, 2.75) is 19.8 Å². The van der Waals surface area contributed by atoms with Crippen LogP contribution in [-0.4, -0.2) is 29.9 Å². The van der Waals surface area contributed by atoms with Crippen molar-refractivity contribution in [3.63, 3.8) is 0 Å². The van der Waals surface area contributed by atoms with Crippen LogP contribution in [0.25, 0.3) is 0 Å². The van der Waals surface area contributed by atoms with Crippen LogP contribution in [0.4, 0.5) is 11.4 Å². The Balaban J connectivity index is 1.89. The molecule has 122 valence electrons. The summed E-state index contributed by atoms with van der Waals surface area (Å²) in [4.78, 5) is 20.3. The number of benzene rings is 2. The molecule has 4 rings (SSSR count). The Labute approximate surface area is 141 Å². The van der Waals surface area contributed by atoms with Crippen molar-refractivity contribution < 1.29 is 9.90 Å². The van der Waals surface area contributed by atoms with Crippen LogP contribution in [0.5, 0.6) is 0 Å². The molecule has 0 saturated carbocycles. The number of Topliss-reactive ketones (excluding diaryl/α,β-unsaturated/α-hetero) is 1. The molecule has 4 heteroatoms. The van der Waals surface area contributed by atoms with E-state index in [2.05, 4.69) is 4.90 Å². The number of aliphatic hydroxyl groups is 1. The molecule has 1 atom stereocenters. The Kier molecular flexibility index (Phi) is 3.50. The first-order valence-electron chi connectivity index (χ1n) is 8.34. The van der Waals surface area contributed by atoms with E-state index in [1.54, 1.807) is 0 Å². The van der Waals surface area contributed by atoms with Gasteiger partial charge in [-0.1, -0.05) is 29.8 Å². The van der Waals surface area contributed by atoms with E-state index in [4.69, 9.17) is 4.99 Å². The van der Waals surface area contributed by atoms with Gasteiger partial charge in [-0.2, -0.15) is 0 Å². The minimum Gasteiger partial charge on any atom is -0.396 e. The van der Waals surface area contributed by atoms with Crippen LogP contribution in [0, 0.1) is 12.3 Å². The normalized spacial score (nSPS) is 22.2. The molecule has 4 nitrogen and oxygen atoms in total. The summed E-state index contributed by atoms with van der Waals surface area (Å²) in [5, 5.41) is 9.61. The number of hydrogen-bond acceptors (Lipinski definition) is 4. The molecule has 2 aromatic carbocycles. The Bertz CT molecular complexity index is 829. The molecule has 0 radical (unpaired) electrons. The minimum absolute atomic E-state index is 0.0193. The summed E-state index contributed by atoms with van der Waals surface area (Å²) < 4.78 is 0. The van der Waals surface area contributed by atoms with Crippen LogP contribution < -0.4 is 4.90 Å². The van der Waals surface area contributed by atoms with E-state index >= 15 is 0 Å². The second kappa shape index (κ2) is 5.56. The monoisotopic (exact) mass is 320 g/mol. The summed E-state index contributed by atoms with van der Waals surface area (Å²) in [6.07, 6.45) is 1.11. The number of rotatable bonds is 3. The predicted molar refractivity (Wildman–Crippen MR) is 95.1 cm³/mol. The van der Waals surface area contributed by atoms with Gasteiger partial charge in [0.2, 0.25) is 0 Å². The average molecular weight is 320 g/mol. The molecule has 2 aliphatic heterocycles. The Hall–Kier alpha value is -2.46. The highest BCUT2D eigenvalue weighted by molar-refractivity contribution is 6.26. The largest absolute Gasteiger partial charge is 0.396 e. The molecule has 1 fully saturated rings. The molecule has 1 saturated heterocycles. The molecule has 1 N–H and O–H groups in total. The fourth-order valence-corrected chi connectivity index (χ4v) is 3.86. The zero-order valence-electron chi connectivity index (χ0n) is 13.7. The lowest BCUT2D eigenvalue weighted by Crippen LogP contribution is -2.43. The summed E-state index contributed by atoms with van der Waals surface area (Å²) in [5.74, 6) is 0.878. The fraction of sp³-hybridized carbons (Fsp3) is 0.300. The number of amidine groups is 1. The zero-order valence-corrected chi connectivity index (χ0v) is 13.7. The van der Waals surface area contributed by atoms with E-state index < -0.39 is 5.41 Å². The third kappa shape index (κ3) is 2.10. The molecular weight excluding hydrogens is 300 g/mol. The molecule has 0 aliphatic carbocycles. The maximum atomic E-state index is 13.3. The van der Waals surface area contributed by atoms with E-state index in [0.717, 1.165) is 29.3 Å². The van der Waals surface area contributed by atoms with E-state index in [1.165, 1.54) is 0 Å². The number of ketones is 1. The molecule has 0 spiro atoms. The summed E-state index contributed by atoms with van der Waals surface area (Å²) >= 11 is 0. The first-order valence-corrected chi connectivity index (χ1v) is 8.34. The van der Waals surface area contributed by atoms with Gasteiger partial charge in [0.1, 0.15) is 5.84 Å². The number of aryl methyl sites for hydroxylation is 1. The lowest BCUT2D eigenvalue weighted by molar-refractivity contribution is 0.0836. The number of para-hydroxylation sites is 1.